The van der Waals surface area contributed by atoms with Crippen LogP contribution in [0.15, 0.2) is 36.5 Å². The number of halogens is 2. The Morgan fingerprint density at radius 3 is 2.75 bits per heavy atom. The zero-order chi connectivity index (χ0) is 14.3. The van der Waals surface area contributed by atoms with Gasteiger partial charge in [-0.2, -0.15) is 5.10 Å². The summed E-state index contributed by atoms with van der Waals surface area (Å²) < 4.78 is 7.49. The number of aryl methyl sites for hydroxylation is 1. The topological polar surface area (TPSA) is 53.1 Å². The summed E-state index contributed by atoms with van der Waals surface area (Å²) in [6.07, 6.45) is 1.94. The van der Waals surface area contributed by atoms with Crippen molar-refractivity contribution in [2.75, 3.05) is 5.73 Å². The number of nitrogen functional groups attached to an aromatic ring is 1. The molecule has 2 aromatic carbocycles. The van der Waals surface area contributed by atoms with Crippen LogP contribution < -0.4 is 10.5 Å². The Labute approximate surface area is 125 Å². The summed E-state index contributed by atoms with van der Waals surface area (Å²) >= 11 is 12.1. The third-order valence-corrected chi connectivity index (χ3v) is 3.50. The molecule has 0 aliphatic heterocycles. The Morgan fingerprint density at radius 2 is 1.95 bits per heavy atom. The summed E-state index contributed by atoms with van der Waals surface area (Å²) in [5.41, 5.74) is 6.95. The predicted octanol–water partition coefficient (Wildman–Crippen LogP) is 4.25. The Hall–Kier alpha value is -1.91. The lowest BCUT2D eigenvalue weighted by molar-refractivity contribution is 0.483. The average Bonchev–Trinajstić information content (AvgIpc) is 2.75. The minimum atomic E-state index is 0.406. The molecule has 0 aliphatic rings. The number of aromatic nitrogens is 2. The van der Waals surface area contributed by atoms with E-state index in [0.717, 1.165) is 10.9 Å². The normalized spacial score (nSPS) is 10.9. The molecule has 6 heteroatoms. The van der Waals surface area contributed by atoms with Gasteiger partial charge in [0.05, 0.1) is 21.2 Å². The van der Waals surface area contributed by atoms with Crippen LogP contribution in [-0.4, -0.2) is 9.78 Å². The molecule has 0 atom stereocenters. The molecule has 0 fully saturated rings. The third kappa shape index (κ3) is 2.40. The number of hydrogen-bond acceptors (Lipinski definition) is 3. The van der Waals surface area contributed by atoms with E-state index in [1.807, 2.05) is 31.4 Å². The molecule has 0 unspecified atom stereocenters. The summed E-state index contributed by atoms with van der Waals surface area (Å²) in [7, 11) is 1.87. The molecular formula is C14H11Cl2N3O. The fourth-order valence-electron chi connectivity index (χ4n) is 1.93. The zero-order valence-electron chi connectivity index (χ0n) is 10.6. The first-order valence-corrected chi connectivity index (χ1v) is 6.64. The second-order valence-electron chi connectivity index (χ2n) is 4.43. The first-order valence-electron chi connectivity index (χ1n) is 5.89. The van der Waals surface area contributed by atoms with Crippen molar-refractivity contribution in [1.29, 1.82) is 0 Å². The van der Waals surface area contributed by atoms with Crippen LogP contribution in [0.3, 0.4) is 0 Å². The molecule has 102 valence electrons. The van der Waals surface area contributed by atoms with Crippen molar-refractivity contribution in [3.05, 3.63) is 46.6 Å². The molecule has 20 heavy (non-hydrogen) atoms. The van der Waals surface area contributed by atoms with Crippen LogP contribution in [0.25, 0.3) is 10.9 Å². The summed E-state index contributed by atoms with van der Waals surface area (Å²) in [5.74, 6) is 1.10. The first-order chi connectivity index (χ1) is 9.52. The van der Waals surface area contributed by atoms with Crippen molar-refractivity contribution in [3.63, 3.8) is 0 Å². The summed E-state index contributed by atoms with van der Waals surface area (Å²) in [5, 5.41) is 6.19. The van der Waals surface area contributed by atoms with Crippen LogP contribution in [-0.2, 0) is 7.05 Å². The maximum atomic E-state index is 6.09. The lowest BCUT2D eigenvalue weighted by atomic mass is 10.2. The van der Waals surface area contributed by atoms with Gasteiger partial charge in [-0.1, -0.05) is 23.2 Å². The number of fused-ring (bicyclic) bond motifs is 1. The number of nitrogens with zero attached hydrogens (tertiary/aromatic N) is 2. The van der Waals surface area contributed by atoms with Crippen LogP contribution in [0.1, 0.15) is 0 Å². The van der Waals surface area contributed by atoms with Crippen molar-refractivity contribution >= 4 is 39.8 Å². The minimum absolute atomic E-state index is 0.406. The number of anilines is 1. The first kappa shape index (κ1) is 13.1. The van der Waals surface area contributed by atoms with Gasteiger partial charge in [0.25, 0.3) is 0 Å². The Bertz CT molecular complexity index is 798. The van der Waals surface area contributed by atoms with E-state index in [1.54, 1.807) is 16.8 Å². The van der Waals surface area contributed by atoms with Gasteiger partial charge in [0.1, 0.15) is 11.5 Å². The highest BCUT2D eigenvalue weighted by Crippen LogP contribution is 2.35. The summed E-state index contributed by atoms with van der Waals surface area (Å²) in [4.78, 5) is 0. The molecule has 0 saturated heterocycles. The van der Waals surface area contributed by atoms with Crippen LogP contribution in [0.4, 0.5) is 5.69 Å². The number of ether oxygens (including phenoxy) is 1. The second kappa shape index (κ2) is 4.89. The summed E-state index contributed by atoms with van der Waals surface area (Å²) in [6.45, 7) is 0. The number of hydrogen-bond donors (Lipinski definition) is 1. The van der Waals surface area contributed by atoms with E-state index in [9.17, 15) is 0 Å². The van der Waals surface area contributed by atoms with Gasteiger partial charge >= 0.3 is 0 Å². The summed E-state index contributed by atoms with van der Waals surface area (Å²) in [6, 6.07) is 8.80. The van der Waals surface area contributed by atoms with E-state index < -0.39 is 0 Å². The van der Waals surface area contributed by atoms with Crippen LogP contribution >= 0.6 is 23.2 Å². The second-order valence-corrected chi connectivity index (χ2v) is 5.24. The largest absolute Gasteiger partial charge is 0.456 e. The predicted molar refractivity (Wildman–Crippen MR) is 81.7 cm³/mol. The molecule has 0 spiro atoms. The number of nitrogens with two attached hydrogens (primary N) is 1. The van der Waals surface area contributed by atoms with Crippen molar-refractivity contribution in [1.82, 2.24) is 9.78 Å². The average molecular weight is 308 g/mol. The molecular weight excluding hydrogens is 297 g/mol. The lowest BCUT2D eigenvalue weighted by Gasteiger charge is -2.09. The highest BCUT2D eigenvalue weighted by molar-refractivity contribution is 6.36. The molecule has 0 radical (unpaired) electrons. The van der Waals surface area contributed by atoms with E-state index in [4.69, 9.17) is 33.7 Å². The third-order valence-electron chi connectivity index (χ3n) is 2.87. The Morgan fingerprint density at radius 1 is 1.15 bits per heavy atom. The van der Waals surface area contributed by atoms with Gasteiger partial charge in [0.2, 0.25) is 0 Å². The minimum Gasteiger partial charge on any atom is -0.456 e. The van der Waals surface area contributed by atoms with E-state index in [-0.39, 0.29) is 0 Å². The van der Waals surface area contributed by atoms with Crippen molar-refractivity contribution in [3.8, 4) is 11.5 Å². The number of benzene rings is 2. The fourth-order valence-corrected chi connectivity index (χ4v) is 2.30. The highest BCUT2D eigenvalue weighted by atomic mass is 35.5. The number of rotatable bonds is 2. The van der Waals surface area contributed by atoms with Gasteiger partial charge in [-0.25, -0.2) is 0 Å². The van der Waals surface area contributed by atoms with Crippen molar-refractivity contribution in [2.45, 2.75) is 0 Å². The Balaban J connectivity index is 1.98. The molecule has 4 nitrogen and oxygen atoms in total. The fraction of sp³-hybridized carbons (Fsp3) is 0.0714. The van der Waals surface area contributed by atoms with Crippen molar-refractivity contribution in [2.24, 2.45) is 7.05 Å². The van der Waals surface area contributed by atoms with E-state index in [1.165, 1.54) is 0 Å². The monoisotopic (exact) mass is 307 g/mol. The van der Waals surface area contributed by atoms with Gasteiger partial charge in [-0.15, -0.1) is 0 Å². The maximum Gasteiger partial charge on any atom is 0.147 e. The van der Waals surface area contributed by atoms with Gasteiger partial charge in [-0.05, 0) is 18.2 Å². The molecule has 3 aromatic rings. The molecule has 2 N–H and O–H groups in total. The molecule has 0 saturated carbocycles. The van der Waals surface area contributed by atoms with Gasteiger partial charge in [-0.3, -0.25) is 4.68 Å². The maximum absolute atomic E-state index is 6.09. The molecule has 0 bridgehead atoms. The quantitative estimate of drug-likeness (QED) is 0.720. The molecule has 0 amide bonds. The van der Waals surface area contributed by atoms with E-state index in [0.29, 0.717) is 27.2 Å². The van der Waals surface area contributed by atoms with Crippen LogP contribution in [0.2, 0.25) is 10.0 Å². The van der Waals surface area contributed by atoms with Gasteiger partial charge < -0.3 is 10.5 Å². The SMILES string of the molecule is Cn1cc2ccc(Oc3cc(Cl)c(N)cc3Cl)cc2n1. The zero-order valence-corrected chi connectivity index (χ0v) is 12.1. The van der Waals surface area contributed by atoms with Gasteiger partial charge in [0, 0.05) is 30.8 Å². The molecule has 0 aliphatic carbocycles. The van der Waals surface area contributed by atoms with Gasteiger partial charge in [0.15, 0.2) is 0 Å². The smallest absolute Gasteiger partial charge is 0.147 e. The standard InChI is InChI=1S/C14H11Cl2N3O/c1-19-7-8-2-3-9(4-13(8)18-19)20-14-6-10(15)12(17)5-11(14)16/h2-7H,17H2,1H3. The molecule has 1 heterocycles. The molecule has 3 rings (SSSR count). The van der Waals surface area contributed by atoms with Crippen LogP contribution in [0.5, 0.6) is 11.5 Å². The van der Waals surface area contributed by atoms with E-state index in [2.05, 4.69) is 5.10 Å². The van der Waals surface area contributed by atoms with Crippen LogP contribution in [0, 0.1) is 0 Å². The highest BCUT2D eigenvalue weighted by Gasteiger charge is 2.08. The lowest BCUT2D eigenvalue weighted by Crippen LogP contribution is -1.90. The Kier molecular flexibility index (Phi) is 3.20. The van der Waals surface area contributed by atoms with Crippen molar-refractivity contribution < 1.29 is 4.74 Å². The molecule has 1 aromatic heterocycles. The van der Waals surface area contributed by atoms with E-state index >= 15 is 0 Å².